The van der Waals surface area contributed by atoms with Crippen molar-refractivity contribution in [1.29, 1.82) is 0 Å². The minimum Gasteiger partial charge on any atom is -0.345 e. The van der Waals surface area contributed by atoms with Crippen molar-refractivity contribution in [3.05, 3.63) is 0 Å². The average molecular weight is 385 g/mol. The van der Waals surface area contributed by atoms with E-state index in [2.05, 4.69) is 66.5 Å². The van der Waals surface area contributed by atoms with Gasteiger partial charge in [-0.1, -0.05) is 55.4 Å². The summed E-state index contributed by atoms with van der Waals surface area (Å²) in [6, 6.07) is 8.53. The van der Waals surface area contributed by atoms with E-state index in [4.69, 9.17) is 4.99 Å². The van der Waals surface area contributed by atoms with Crippen LogP contribution >= 0.6 is 0 Å². The largest absolute Gasteiger partial charge is 0.345 e. The summed E-state index contributed by atoms with van der Waals surface area (Å²) < 4.78 is 3.19. The molecule has 2 nitrogen and oxygen atoms in total. The maximum Gasteiger partial charge on any atom is 0.120 e. The van der Waals surface area contributed by atoms with E-state index >= 15 is 0 Å². The second kappa shape index (κ2) is 12.5. The van der Waals surface area contributed by atoms with Crippen LogP contribution in [0.25, 0.3) is 0 Å². The van der Waals surface area contributed by atoms with E-state index in [1.165, 1.54) is 54.9 Å². The van der Waals surface area contributed by atoms with Crippen molar-refractivity contribution >= 4 is 22.2 Å². The van der Waals surface area contributed by atoms with E-state index in [-0.39, 0.29) is 0 Å². The van der Waals surface area contributed by atoms with Crippen LogP contribution in [-0.4, -0.2) is 39.5 Å². The van der Waals surface area contributed by atoms with E-state index in [0.717, 1.165) is 18.9 Å². The maximum atomic E-state index is 4.88. The Labute approximate surface area is 162 Å². The quantitative estimate of drug-likeness (QED) is 0.176. The molecule has 0 aliphatic rings. The van der Waals surface area contributed by atoms with Gasteiger partial charge in [0, 0.05) is 12.3 Å². The summed E-state index contributed by atoms with van der Waals surface area (Å²) in [7, 11) is -2.60. The van der Waals surface area contributed by atoms with E-state index in [1.807, 2.05) is 0 Å². The molecule has 25 heavy (non-hydrogen) atoms. The van der Waals surface area contributed by atoms with Gasteiger partial charge in [-0.3, -0.25) is 4.99 Å². The molecule has 0 saturated carbocycles. The van der Waals surface area contributed by atoms with Crippen molar-refractivity contribution in [2.24, 2.45) is 10.9 Å². The van der Waals surface area contributed by atoms with E-state index in [9.17, 15) is 0 Å². The summed E-state index contributed by atoms with van der Waals surface area (Å²) in [5.41, 5.74) is 1.34. The lowest BCUT2D eigenvalue weighted by molar-refractivity contribution is 0.554. The molecule has 0 heterocycles. The summed E-state index contributed by atoms with van der Waals surface area (Å²) >= 11 is 0. The smallest absolute Gasteiger partial charge is 0.120 e. The predicted octanol–water partition coefficient (Wildman–Crippen LogP) is 7.20. The first kappa shape index (κ1) is 25.1. The summed E-state index contributed by atoms with van der Waals surface area (Å²) in [6.07, 6.45) is 2.40. The molecule has 0 bridgehead atoms. The Hall–Kier alpha value is 0.0638. The first-order valence-electron chi connectivity index (χ1n) is 11.1. The molecule has 0 unspecified atom stereocenters. The monoisotopic (exact) mass is 384 g/mol. The molecule has 0 saturated heterocycles. The second-order valence-electron chi connectivity index (χ2n) is 8.29. The molecular weight excluding hydrogens is 336 g/mol. The molecule has 0 aromatic heterocycles. The van der Waals surface area contributed by atoms with Crippen molar-refractivity contribution in [2.45, 2.75) is 111 Å². The molecular formula is C21H48N2Si2. The zero-order valence-corrected chi connectivity index (χ0v) is 21.0. The Morgan fingerprint density at radius 3 is 1.52 bits per heavy atom. The fourth-order valence-electron chi connectivity index (χ4n) is 4.78. The summed E-state index contributed by atoms with van der Waals surface area (Å²) in [4.78, 5) is 4.88. The van der Waals surface area contributed by atoms with Crippen LogP contribution in [-0.2, 0) is 0 Å². The number of hydrogen-bond acceptors (Lipinski definition) is 2. The summed E-state index contributed by atoms with van der Waals surface area (Å²) in [5, 5.41) is 0. The van der Waals surface area contributed by atoms with Crippen LogP contribution in [0.15, 0.2) is 4.99 Å². The van der Waals surface area contributed by atoms with Crippen molar-refractivity contribution in [1.82, 2.24) is 4.23 Å². The Morgan fingerprint density at radius 1 is 0.800 bits per heavy atom. The topological polar surface area (TPSA) is 15.6 Å². The number of nitrogens with zero attached hydrogens (tertiary/aromatic N) is 2. The molecule has 0 atom stereocenters. The highest BCUT2D eigenvalue weighted by molar-refractivity contribution is 6.92. The van der Waals surface area contributed by atoms with Gasteiger partial charge in [-0.05, 0) is 68.5 Å². The molecule has 150 valence electrons. The minimum atomic E-state index is -1.30. The molecule has 0 aromatic rings. The van der Waals surface area contributed by atoms with Gasteiger partial charge in [0.05, 0.1) is 0 Å². The SMILES string of the molecule is CC[Si](CC)(CC)N(CCCN=C(C)CC(C)C)[Si](CC)(CC)CC. The molecule has 0 amide bonds. The number of rotatable bonds is 14. The molecule has 0 spiro atoms. The maximum absolute atomic E-state index is 4.88. The van der Waals surface area contributed by atoms with Gasteiger partial charge in [0.25, 0.3) is 0 Å². The lowest BCUT2D eigenvalue weighted by atomic mass is 10.1. The third-order valence-electron chi connectivity index (χ3n) is 6.72. The number of aliphatic imine (C=N–C) groups is 1. The fourth-order valence-corrected chi connectivity index (χ4v) is 18.2. The van der Waals surface area contributed by atoms with Gasteiger partial charge >= 0.3 is 0 Å². The van der Waals surface area contributed by atoms with Crippen LogP contribution in [0.1, 0.15) is 75.2 Å². The van der Waals surface area contributed by atoms with Crippen LogP contribution in [0, 0.1) is 5.92 Å². The van der Waals surface area contributed by atoms with Gasteiger partial charge < -0.3 is 4.23 Å². The van der Waals surface area contributed by atoms with Gasteiger partial charge in [-0.25, -0.2) is 0 Å². The molecule has 0 fully saturated rings. The standard InChI is InChI=1S/C21H48N2Si2/c1-10-24(11-2,12-3)23(25(13-4,14-5)15-6)18-16-17-22-21(9)19-20(7)8/h20H,10-19H2,1-9H3. The Morgan fingerprint density at radius 2 is 1.20 bits per heavy atom. The van der Waals surface area contributed by atoms with Crippen molar-refractivity contribution in [3.8, 4) is 0 Å². The van der Waals surface area contributed by atoms with Crippen LogP contribution in [0.2, 0.25) is 36.3 Å². The zero-order chi connectivity index (χ0) is 19.5. The van der Waals surface area contributed by atoms with Gasteiger partial charge in [0.15, 0.2) is 0 Å². The molecule has 0 rings (SSSR count). The molecule has 0 radical (unpaired) electrons. The van der Waals surface area contributed by atoms with Crippen LogP contribution in [0.4, 0.5) is 0 Å². The highest BCUT2D eigenvalue weighted by Crippen LogP contribution is 2.35. The zero-order valence-electron chi connectivity index (χ0n) is 19.0. The lowest BCUT2D eigenvalue weighted by Crippen LogP contribution is -2.66. The van der Waals surface area contributed by atoms with Crippen LogP contribution < -0.4 is 0 Å². The first-order valence-corrected chi connectivity index (χ1v) is 16.2. The second-order valence-corrected chi connectivity index (χ2v) is 19.0. The van der Waals surface area contributed by atoms with Crippen molar-refractivity contribution in [2.75, 3.05) is 13.1 Å². The van der Waals surface area contributed by atoms with Crippen molar-refractivity contribution < 1.29 is 0 Å². The molecule has 0 aliphatic heterocycles. The Balaban J connectivity index is 5.29. The fraction of sp³-hybridized carbons (Fsp3) is 0.952. The average Bonchev–Trinajstić information content (AvgIpc) is 2.61. The third-order valence-corrected chi connectivity index (χ3v) is 20.2. The van der Waals surface area contributed by atoms with Gasteiger partial charge in [-0.2, -0.15) is 0 Å². The van der Waals surface area contributed by atoms with E-state index < -0.39 is 16.5 Å². The van der Waals surface area contributed by atoms with Gasteiger partial charge in [-0.15, -0.1) is 0 Å². The van der Waals surface area contributed by atoms with Gasteiger partial charge in [0.1, 0.15) is 16.5 Å². The van der Waals surface area contributed by atoms with E-state index in [0.29, 0.717) is 0 Å². The lowest BCUT2D eigenvalue weighted by Gasteiger charge is -2.52. The summed E-state index contributed by atoms with van der Waals surface area (Å²) in [5.74, 6) is 0.723. The molecule has 0 aliphatic carbocycles. The molecule has 0 N–H and O–H groups in total. The summed E-state index contributed by atoms with van der Waals surface area (Å²) in [6.45, 7) is 23.9. The Kier molecular flexibility index (Phi) is 12.5. The van der Waals surface area contributed by atoms with Gasteiger partial charge in [0.2, 0.25) is 0 Å². The third kappa shape index (κ3) is 6.95. The number of hydrogen-bond donors (Lipinski definition) is 0. The highest BCUT2D eigenvalue weighted by Gasteiger charge is 2.45. The molecule has 0 aromatic carbocycles. The van der Waals surface area contributed by atoms with Crippen LogP contribution in [0.3, 0.4) is 0 Å². The Bertz CT molecular complexity index is 336. The van der Waals surface area contributed by atoms with Crippen LogP contribution in [0.5, 0.6) is 0 Å². The van der Waals surface area contributed by atoms with Crippen molar-refractivity contribution in [3.63, 3.8) is 0 Å². The predicted molar refractivity (Wildman–Crippen MR) is 123 cm³/mol. The minimum absolute atomic E-state index is 0.723. The normalized spacial score (nSPS) is 14.0. The highest BCUT2D eigenvalue weighted by atomic mass is 28.4. The first-order chi connectivity index (χ1) is 11.8. The van der Waals surface area contributed by atoms with E-state index in [1.54, 1.807) is 0 Å². The molecule has 4 heteroatoms.